The number of aliphatic hydroxyl groups excluding tert-OH is 1. The molecule has 1 aromatic carbocycles. The molecule has 18 heavy (non-hydrogen) atoms. The number of benzene rings is 1. The fourth-order valence-electron chi connectivity index (χ4n) is 1.59. The van der Waals surface area contributed by atoms with Crippen LogP contribution in [0.4, 0.5) is 11.4 Å². The first kappa shape index (κ1) is 13.9. The molecule has 1 rings (SSSR count). The molecule has 6 nitrogen and oxygen atoms in total. The number of nitrogens with one attached hydrogen (secondary N) is 1. The van der Waals surface area contributed by atoms with Crippen LogP contribution in [0.2, 0.25) is 0 Å². The number of nitro groups is 1. The maximum atomic E-state index is 10.8. The molecule has 0 unspecified atom stereocenters. The molecule has 0 saturated carbocycles. The Kier molecular flexibility index (Phi) is 4.23. The van der Waals surface area contributed by atoms with E-state index >= 15 is 0 Å². The molecular weight excluding hydrogens is 234 g/mol. The van der Waals surface area contributed by atoms with E-state index in [0.717, 1.165) is 0 Å². The minimum Gasteiger partial charge on any atom is -0.396 e. The molecule has 0 saturated heterocycles. The van der Waals surface area contributed by atoms with Crippen molar-refractivity contribution >= 4 is 11.4 Å². The molecule has 0 atom stereocenters. The molecule has 0 aliphatic rings. The Labute approximate surface area is 105 Å². The Morgan fingerprint density at radius 2 is 2.22 bits per heavy atom. The van der Waals surface area contributed by atoms with Gasteiger partial charge >= 0.3 is 0 Å². The van der Waals surface area contributed by atoms with Crippen molar-refractivity contribution in [1.29, 1.82) is 5.26 Å². The molecule has 2 N–H and O–H groups in total. The van der Waals surface area contributed by atoms with Gasteiger partial charge in [-0.2, -0.15) is 5.26 Å². The number of rotatable bonds is 5. The van der Waals surface area contributed by atoms with Gasteiger partial charge in [-0.3, -0.25) is 10.1 Å². The van der Waals surface area contributed by atoms with E-state index in [4.69, 9.17) is 10.4 Å². The van der Waals surface area contributed by atoms with Crippen LogP contribution < -0.4 is 5.32 Å². The zero-order chi connectivity index (χ0) is 13.8. The van der Waals surface area contributed by atoms with Crippen molar-refractivity contribution < 1.29 is 10.0 Å². The van der Waals surface area contributed by atoms with Crippen LogP contribution in [0.25, 0.3) is 0 Å². The van der Waals surface area contributed by atoms with Crippen LogP contribution in [-0.2, 0) is 0 Å². The molecular formula is C12H15N3O3. The van der Waals surface area contributed by atoms with Gasteiger partial charge in [-0.25, -0.2) is 0 Å². The Balaban J connectivity index is 3.03. The Morgan fingerprint density at radius 3 is 2.72 bits per heavy atom. The van der Waals surface area contributed by atoms with E-state index in [1.165, 1.54) is 12.1 Å². The van der Waals surface area contributed by atoms with Crippen LogP contribution >= 0.6 is 0 Å². The zero-order valence-electron chi connectivity index (χ0n) is 10.3. The van der Waals surface area contributed by atoms with Gasteiger partial charge in [0, 0.05) is 23.9 Å². The quantitative estimate of drug-likeness (QED) is 0.614. The summed E-state index contributed by atoms with van der Waals surface area (Å²) in [4.78, 5) is 10.2. The van der Waals surface area contributed by atoms with Gasteiger partial charge in [0.15, 0.2) is 0 Å². The second kappa shape index (κ2) is 5.47. The molecule has 0 aromatic heterocycles. The average molecular weight is 249 g/mol. The van der Waals surface area contributed by atoms with Gasteiger partial charge in [0.25, 0.3) is 5.69 Å². The number of nitriles is 1. The number of anilines is 1. The molecule has 96 valence electrons. The molecule has 0 heterocycles. The van der Waals surface area contributed by atoms with Crippen LogP contribution in [0.15, 0.2) is 18.2 Å². The number of nitrogens with zero attached hydrogens (tertiary/aromatic N) is 2. The standard InChI is InChI=1S/C12H15N3O3/c1-12(2,5-6-16)14-10-4-3-9(8-13)11(7-10)15(17)18/h3-4,7,14,16H,5-6H2,1-2H3. The predicted octanol–water partition coefficient (Wildman–Crippen LogP) is 2.04. The lowest BCUT2D eigenvalue weighted by molar-refractivity contribution is -0.385. The second-order valence-electron chi connectivity index (χ2n) is 4.58. The molecule has 0 bridgehead atoms. The van der Waals surface area contributed by atoms with Crippen molar-refractivity contribution in [2.45, 2.75) is 25.8 Å². The van der Waals surface area contributed by atoms with E-state index in [0.29, 0.717) is 12.1 Å². The third-order valence-electron chi connectivity index (χ3n) is 2.53. The van der Waals surface area contributed by atoms with Gasteiger partial charge in [-0.15, -0.1) is 0 Å². The van der Waals surface area contributed by atoms with Crippen molar-refractivity contribution in [3.8, 4) is 6.07 Å². The number of nitro benzene ring substituents is 1. The summed E-state index contributed by atoms with van der Waals surface area (Å²) in [5.74, 6) is 0. The monoisotopic (exact) mass is 249 g/mol. The summed E-state index contributed by atoms with van der Waals surface area (Å²) >= 11 is 0. The summed E-state index contributed by atoms with van der Waals surface area (Å²) in [6, 6.07) is 6.14. The SMILES string of the molecule is CC(C)(CCO)Nc1ccc(C#N)c([N+](=O)[O-])c1. The minimum atomic E-state index is -0.581. The summed E-state index contributed by atoms with van der Waals surface area (Å²) < 4.78 is 0. The highest BCUT2D eigenvalue weighted by molar-refractivity contribution is 5.59. The first-order chi connectivity index (χ1) is 8.39. The average Bonchev–Trinajstić information content (AvgIpc) is 2.28. The van der Waals surface area contributed by atoms with Crippen molar-refractivity contribution in [3.05, 3.63) is 33.9 Å². The summed E-state index contributed by atoms with van der Waals surface area (Å²) in [5.41, 5.74) is -0.0106. The van der Waals surface area contributed by atoms with Gasteiger partial charge in [0.2, 0.25) is 0 Å². The molecule has 0 radical (unpaired) electrons. The summed E-state index contributed by atoms with van der Waals surface area (Å²) in [7, 11) is 0. The molecule has 0 aliphatic heterocycles. The minimum absolute atomic E-state index is 0.0262. The van der Waals surface area contributed by atoms with Gasteiger partial charge in [-0.05, 0) is 32.4 Å². The summed E-state index contributed by atoms with van der Waals surface area (Å²) in [6.07, 6.45) is 0.515. The highest BCUT2D eigenvalue weighted by atomic mass is 16.6. The largest absolute Gasteiger partial charge is 0.396 e. The maximum absolute atomic E-state index is 10.8. The van der Waals surface area contributed by atoms with Gasteiger partial charge in [0.1, 0.15) is 11.6 Å². The zero-order valence-corrected chi connectivity index (χ0v) is 10.3. The smallest absolute Gasteiger partial charge is 0.289 e. The third-order valence-corrected chi connectivity index (χ3v) is 2.53. The number of hydrogen-bond acceptors (Lipinski definition) is 5. The van der Waals surface area contributed by atoms with Crippen molar-refractivity contribution in [2.24, 2.45) is 0 Å². The Bertz CT molecular complexity index is 492. The van der Waals surface area contributed by atoms with E-state index in [-0.39, 0.29) is 23.4 Å². The van der Waals surface area contributed by atoms with Gasteiger partial charge in [-0.1, -0.05) is 0 Å². The Hall–Kier alpha value is -2.13. The van der Waals surface area contributed by atoms with Crippen LogP contribution in [0, 0.1) is 21.4 Å². The van der Waals surface area contributed by atoms with Crippen LogP contribution in [0.5, 0.6) is 0 Å². The maximum Gasteiger partial charge on any atom is 0.289 e. The summed E-state index contributed by atoms with van der Waals surface area (Å²) in [6.45, 7) is 3.79. The fraction of sp³-hybridized carbons (Fsp3) is 0.417. The molecule has 0 amide bonds. The number of hydrogen-bond donors (Lipinski definition) is 2. The first-order valence-electron chi connectivity index (χ1n) is 5.47. The lowest BCUT2D eigenvalue weighted by atomic mass is 10.0. The van der Waals surface area contributed by atoms with Crippen molar-refractivity contribution in [1.82, 2.24) is 0 Å². The summed E-state index contributed by atoms with van der Waals surface area (Å²) in [5, 5.41) is 31.6. The predicted molar refractivity (Wildman–Crippen MR) is 67.2 cm³/mol. The first-order valence-corrected chi connectivity index (χ1v) is 5.47. The lowest BCUT2D eigenvalue weighted by Gasteiger charge is -2.26. The molecule has 0 aliphatic carbocycles. The molecule has 0 fully saturated rings. The van der Waals surface area contributed by atoms with E-state index in [9.17, 15) is 10.1 Å². The van der Waals surface area contributed by atoms with Crippen molar-refractivity contribution in [2.75, 3.05) is 11.9 Å². The Morgan fingerprint density at radius 1 is 1.56 bits per heavy atom. The topological polar surface area (TPSA) is 99.2 Å². The van der Waals surface area contributed by atoms with Crippen LogP contribution in [-0.4, -0.2) is 22.2 Å². The van der Waals surface area contributed by atoms with Crippen molar-refractivity contribution in [3.63, 3.8) is 0 Å². The van der Waals surface area contributed by atoms with Crippen LogP contribution in [0.1, 0.15) is 25.8 Å². The normalized spacial score (nSPS) is 10.8. The molecule has 1 aromatic rings. The van der Waals surface area contributed by atoms with E-state index < -0.39 is 4.92 Å². The van der Waals surface area contributed by atoms with Gasteiger partial charge < -0.3 is 10.4 Å². The molecule has 0 spiro atoms. The molecule has 6 heteroatoms. The highest BCUT2D eigenvalue weighted by Crippen LogP contribution is 2.25. The highest BCUT2D eigenvalue weighted by Gasteiger charge is 2.19. The van der Waals surface area contributed by atoms with E-state index in [1.54, 1.807) is 12.1 Å². The number of aliphatic hydroxyl groups is 1. The lowest BCUT2D eigenvalue weighted by Crippen LogP contribution is -2.31. The second-order valence-corrected chi connectivity index (χ2v) is 4.58. The van der Waals surface area contributed by atoms with Gasteiger partial charge in [0.05, 0.1) is 4.92 Å². The third kappa shape index (κ3) is 3.43. The van der Waals surface area contributed by atoms with Crippen LogP contribution in [0.3, 0.4) is 0 Å². The van der Waals surface area contributed by atoms with E-state index in [2.05, 4.69) is 5.32 Å². The fourth-order valence-corrected chi connectivity index (χ4v) is 1.59. The van der Waals surface area contributed by atoms with E-state index in [1.807, 2.05) is 13.8 Å².